The summed E-state index contributed by atoms with van der Waals surface area (Å²) >= 11 is 0. The Kier molecular flexibility index (Phi) is 7.48. The van der Waals surface area contributed by atoms with Crippen LogP contribution in [0, 0.1) is 6.92 Å². The van der Waals surface area contributed by atoms with Gasteiger partial charge in [-0.05, 0) is 55.7 Å². The highest BCUT2D eigenvalue weighted by molar-refractivity contribution is 5.80. The van der Waals surface area contributed by atoms with Crippen molar-refractivity contribution in [3.8, 4) is 11.5 Å². The molecule has 0 fully saturated rings. The van der Waals surface area contributed by atoms with E-state index in [1.54, 1.807) is 7.11 Å². The van der Waals surface area contributed by atoms with Gasteiger partial charge in [-0.15, -0.1) is 0 Å². The van der Waals surface area contributed by atoms with Crippen molar-refractivity contribution in [1.82, 2.24) is 14.9 Å². The van der Waals surface area contributed by atoms with Gasteiger partial charge in [0.2, 0.25) is 5.91 Å². The molecule has 4 aromatic rings. The lowest BCUT2D eigenvalue weighted by atomic mass is 10.1. The standard InChI is InChI=1S/C28H31N3O3/c1-20-11-4-5-12-22(20)19-27(32)29-21(2)28-30-23-13-6-7-14-24(23)31(28)17-10-18-34-26-16-9-8-15-25(26)33-3/h4-9,11-16,21H,10,17-19H2,1-3H3,(H,29,32). The summed E-state index contributed by atoms with van der Waals surface area (Å²) in [5, 5.41) is 3.13. The van der Waals surface area contributed by atoms with Crippen molar-refractivity contribution < 1.29 is 14.3 Å². The number of aryl methyl sites for hydroxylation is 2. The van der Waals surface area contributed by atoms with E-state index in [2.05, 4.69) is 16.0 Å². The summed E-state index contributed by atoms with van der Waals surface area (Å²) in [6.45, 7) is 5.28. The molecular formula is C28H31N3O3. The normalized spacial score (nSPS) is 11.9. The minimum absolute atomic E-state index is 0.0140. The zero-order valence-corrected chi connectivity index (χ0v) is 20.0. The molecule has 0 aliphatic rings. The number of hydrogen-bond acceptors (Lipinski definition) is 4. The van der Waals surface area contributed by atoms with Crippen LogP contribution >= 0.6 is 0 Å². The van der Waals surface area contributed by atoms with E-state index in [9.17, 15) is 4.79 Å². The monoisotopic (exact) mass is 457 g/mol. The summed E-state index contributed by atoms with van der Waals surface area (Å²) in [5.41, 5.74) is 4.12. The van der Waals surface area contributed by atoms with E-state index in [-0.39, 0.29) is 11.9 Å². The zero-order valence-electron chi connectivity index (χ0n) is 20.0. The predicted molar refractivity (Wildman–Crippen MR) is 134 cm³/mol. The molecule has 1 atom stereocenters. The van der Waals surface area contributed by atoms with Crippen molar-refractivity contribution >= 4 is 16.9 Å². The molecule has 1 heterocycles. The first-order valence-electron chi connectivity index (χ1n) is 11.6. The molecule has 0 radical (unpaired) electrons. The Balaban J connectivity index is 1.45. The number of hydrogen-bond donors (Lipinski definition) is 1. The molecule has 3 aromatic carbocycles. The third-order valence-corrected chi connectivity index (χ3v) is 5.91. The molecule has 34 heavy (non-hydrogen) atoms. The number of rotatable bonds is 10. The summed E-state index contributed by atoms with van der Waals surface area (Å²) in [6.07, 6.45) is 1.14. The second-order valence-electron chi connectivity index (χ2n) is 8.36. The average Bonchev–Trinajstić information content (AvgIpc) is 3.22. The van der Waals surface area contributed by atoms with Gasteiger partial charge in [0.1, 0.15) is 5.82 Å². The quantitative estimate of drug-likeness (QED) is 0.331. The highest BCUT2D eigenvalue weighted by Gasteiger charge is 2.19. The summed E-state index contributed by atoms with van der Waals surface area (Å²) in [5.74, 6) is 2.29. The number of carbonyl (C=O) groups is 1. The van der Waals surface area contributed by atoms with Crippen molar-refractivity contribution in [1.29, 1.82) is 0 Å². The zero-order chi connectivity index (χ0) is 23.9. The lowest BCUT2D eigenvalue weighted by Gasteiger charge is -2.17. The van der Waals surface area contributed by atoms with Gasteiger partial charge in [-0.3, -0.25) is 4.79 Å². The molecule has 0 bridgehead atoms. The molecule has 0 saturated heterocycles. The summed E-state index contributed by atoms with van der Waals surface area (Å²) in [6, 6.07) is 23.5. The average molecular weight is 458 g/mol. The first kappa shape index (κ1) is 23.4. The van der Waals surface area contributed by atoms with Crippen LogP contribution in [-0.4, -0.2) is 29.2 Å². The molecule has 1 amide bonds. The molecule has 0 aliphatic heterocycles. The fraction of sp³-hybridized carbons (Fsp3) is 0.286. The fourth-order valence-corrected chi connectivity index (χ4v) is 4.14. The number of aromatic nitrogens is 2. The molecule has 6 nitrogen and oxygen atoms in total. The fourth-order valence-electron chi connectivity index (χ4n) is 4.14. The third-order valence-electron chi connectivity index (χ3n) is 5.91. The Hall–Kier alpha value is -3.80. The minimum atomic E-state index is -0.223. The van der Waals surface area contributed by atoms with Crippen molar-refractivity contribution in [2.45, 2.75) is 39.3 Å². The largest absolute Gasteiger partial charge is 0.493 e. The number of benzene rings is 3. The van der Waals surface area contributed by atoms with Crippen LogP contribution in [0.25, 0.3) is 11.0 Å². The van der Waals surface area contributed by atoms with E-state index in [1.807, 2.05) is 80.6 Å². The van der Waals surface area contributed by atoms with Gasteiger partial charge in [-0.2, -0.15) is 0 Å². The van der Waals surface area contributed by atoms with Crippen LogP contribution in [0.1, 0.15) is 36.3 Å². The van der Waals surface area contributed by atoms with Gasteiger partial charge in [0.05, 0.1) is 37.2 Å². The second-order valence-corrected chi connectivity index (χ2v) is 8.36. The van der Waals surface area contributed by atoms with E-state index < -0.39 is 0 Å². The van der Waals surface area contributed by atoms with Gasteiger partial charge >= 0.3 is 0 Å². The SMILES string of the molecule is COc1ccccc1OCCCn1c(C(C)NC(=O)Cc2ccccc2C)nc2ccccc21. The number of ether oxygens (including phenoxy) is 2. The highest BCUT2D eigenvalue weighted by atomic mass is 16.5. The van der Waals surface area contributed by atoms with Crippen molar-refractivity contribution in [3.63, 3.8) is 0 Å². The van der Waals surface area contributed by atoms with Gasteiger partial charge in [-0.25, -0.2) is 4.98 Å². The van der Waals surface area contributed by atoms with Crippen LogP contribution < -0.4 is 14.8 Å². The summed E-state index contributed by atoms with van der Waals surface area (Å²) < 4.78 is 13.5. The second kappa shape index (κ2) is 10.9. The van der Waals surface area contributed by atoms with Gasteiger partial charge in [0.25, 0.3) is 0 Å². The maximum absolute atomic E-state index is 12.8. The topological polar surface area (TPSA) is 65.4 Å². The van der Waals surface area contributed by atoms with Gasteiger partial charge in [0.15, 0.2) is 11.5 Å². The molecule has 1 N–H and O–H groups in total. The maximum Gasteiger partial charge on any atom is 0.225 e. The Morgan fingerprint density at radius 3 is 2.50 bits per heavy atom. The Bertz CT molecular complexity index is 1260. The summed E-state index contributed by atoms with van der Waals surface area (Å²) in [4.78, 5) is 17.6. The molecule has 6 heteroatoms. The molecule has 1 unspecified atom stereocenters. The number of fused-ring (bicyclic) bond motifs is 1. The first-order chi connectivity index (χ1) is 16.6. The lowest BCUT2D eigenvalue weighted by Crippen LogP contribution is -2.30. The van der Waals surface area contributed by atoms with Crippen molar-refractivity contribution in [3.05, 3.63) is 89.7 Å². The molecule has 0 saturated carbocycles. The predicted octanol–water partition coefficient (Wildman–Crippen LogP) is 5.24. The van der Waals surface area contributed by atoms with E-state index in [0.29, 0.717) is 13.0 Å². The Morgan fingerprint density at radius 1 is 1.00 bits per heavy atom. The summed E-state index contributed by atoms with van der Waals surface area (Å²) in [7, 11) is 1.64. The van der Waals surface area contributed by atoms with E-state index >= 15 is 0 Å². The number of nitrogens with zero attached hydrogens (tertiary/aromatic N) is 2. The number of imidazole rings is 1. The van der Waals surface area contributed by atoms with Crippen LogP contribution in [0.5, 0.6) is 11.5 Å². The molecule has 4 rings (SSSR count). The smallest absolute Gasteiger partial charge is 0.225 e. The third kappa shape index (κ3) is 5.39. The van der Waals surface area contributed by atoms with Crippen LogP contribution in [-0.2, 0) is 17.8 Å². The molecule has 176 valence electrons. The van der Waals surface area contributed by atoms with Crippen molar-refractivity contribution in [2.24, 2.45) is 0 Å². The Morgan fingerprint density at radius 2 is 1.71 bits per heavy atom. The highest BCUT2D eigenvalue weighted by Crippen LogP contribution is 2.26. The lowest BCUT2D eigenvalue weighted by molar-refractivity contribution is -0.121. The molecule has 1 aromatic heterocycles. The minimum Gasteiger partial charge on any atom is -0.493 e. The van der Waals surface area contributed by atoms with Crippen molar-refractivity contribution in [2.75, 3.05) is 13.7 Å². The number of para-hydroxylation sites is 4. The number of nitrogens with one attached hydrogen (secondary N) is 1. The van der Waals surface area contributed by atoms with Crippen LogP contribution in [0.3, 0.4) is 0 Å². The van der Waals surface area contributed by atoms with Crippen LogP contribution in [0.4, 0.5) is 0 Å². The maximum atomic E-state index is 12.8. The molecule has 0 spiro atoms. The Labute approximate surface area is 200 Å². The molecule has 0 aliphatic carbocycles. The first-order valence-corrected chi connectivity index (χ1v) is 11.6. The number of methoxy groups -OCH3 is 1. The van der Waals surface area contributed by atoms with E-state index in [4.69, 9.17) is 14.5 Å². The molecular weight excluding hydrogens is 426 g/mol. The van der Waals surface area contributed by atoms with Crippen LogP contribution in [0.2, 0.25) is 0 Å². The van der Waals surface area contributed by atoms with E-state index in [1.165, 1.54) is 0 Å². The van der Waals surface area contributed by atoms with Crippen LogP contribution in [0.15, 0.2) is 72.8 Å². The van der Waals surface area contributed by atoms with E-state index in [0.717, 1.165) is 52.4 Å². The van der Waals surface area contributed by atoms with Gasteiger partial charge in [0, 0.05) is 6.54 Å². The van der Waals surface area contributed by atoms with Gasteiger partial charge < -0.3 is 19.4 Å². The van der Waals surface area contributed by atoms with Gasteiger partial charge in [-0.1, -0.05) is 48.5 Å². The number of amides is 1. The number of carbonyl (C=O) groups excluding carboxylic acids is 1.